The highest BCUT2D eigenvalue weighted by Crippen LogP contribution is 2.14. The van der Waals surface area contributed by atoms with Gasteiger partial charge >= 0.3 is 0 Å². The minimum Gasteiger partial charge on any atom is -0.454 e. The Balaban J connectivity index is 1.74. The molecule has 128 valence electrons. The Morgan fingerprint density at radius 1 is 1.52 bits per heavy atom. The number of carbonyl (C=O) groups excluding carboxylic acids is 1. The minimum absolute atomic E-state index is 0.0545. The summed E-state index contributed by atoms with van der Waals surface area (Å²) in [7, 11) is 1.75. The molecule has 0 aliphatic carbocycles. The zero-order valence-corrected chi connectivity index (χ0v) is 15.5. The largest absolute Gasteiger partial charge is 0.454 e. The number of nitrogens with zero attached hydrogens (tertiary/aromatic N) is 2. The van der Waals surface area contributed by atoms with Crippen molar-refractivity contribution in [3.05, 3.63) is 22.6 Å². The number of furan rings is 1. The first-order valence-electron chi connectivity index (χ1n) is 7.99. The maximum absolute atomic E-state index is 12.0. The fraction of sp³-hybridized carbons (Fsp3) is 0.625. The fourth-order valence-electron chi connectivity index (χ4n) is 2.62. The number of likely N-dealkylation sites (tertiary alicyclic amines) is 1. The van der Waals surface area contributed by atoms with Gasteiger partial charge < -0.3 is 20.0 Å². The third kappa shape index (κ3) is 5.27. The van der Waals surface area contributed by atoms with Crippen LogP contribution in [0.2, 0.25) is 0 Å². The fourth-order valence-corrected chi connectivity index (χ4v) is 2.96. The number of amides is 1. The third-order valence-electron chi connectivity index (χ3n) is 3.85. The van der Waals surface area contributed by atoms with Crippen LogP contribution in [0.5, 0.6) is 0 Å². The average molecular weight is 385 g/mol. The van der Waals surface area contributed by atoms with Crippen molar-refractivity contribution in [1.82, 2.24) is 15.5 Å². The second kappa shape index (κ2) is 8.38. The summed E-state index contributed by atoms with van der Waals surface area (Å²) in [6.45, 7) is 6.17. The lowest BCUT2D eigenvalue weighted by molar-refractivity contribution is -0.133. The van der Waals surface area contributed by atoms with Gasteiger partial charge in [0.1, 0.15) is 5.76 Å². The van der Waals surface area contributed by atoms with Gasteiger partial charge in [0, 0.05) is 45.1 Å². The van der Waals surface area contributed by atoms with Crippen molar-refractivity contribution >= 4 is 27.8 Å². The van der Waals surface area contributed by atoms with Gasteiger partial charge in [-0.25, -0.2) is 0 Å². The number of rotatable bonds is 5. The maximum Gasteiger partial charge on any atom is 0.225 e. The number of hydrogen-bond acceptors (Lipinski definition) is 3. The molecule has 0 spiro atoms. The average Bonchev–Trinajstić information content (AvgIpc) is 3.14. The van der Waals surface area contributed by atoms with Crippen molar-refractivity contribution in [2.45, 2.75) is 32.7 Å². The smallest absolute Gasteiger partial charge is 0.225 e. The summed E-state index contributed by atoms with van der Waals surface area (Å²) in [6.07, 6.45) is 1.74. The van der Waals surface area contributed by atoms with Gasteiger partial charge in [-0.3, -0.25) is 9.79 Å². The first-order valence-corrected chi connectivity index (χ1v) is 8.79. The number of nitrogens with one attached hydrogen (secondary N) is 2. The van der Waals surface area contributed by atoms with Crippen LogP contribution in [0.3, 0.4) is 0 Å². The van der Waals surface area contributed by atoms with Crippen LogP contribution in [0.1, 0.15) is 26.0 Å². The van der Waals surface area contributed by atoms with E-state index >= 15 is 0 Å². The van der Waals surface area contributed by atoms with Gasteiger partial charge in [-0.05, 0) is 34.5 Å². The molecule has 0 aromatic carbocycles. The molecule has 1 saturated heterocycles. The molecule has 1 aliphatic heterocycles. The normalized spacial score (nSPS) is 18.6. The van der Waals surface area contributed by atoms with Crippen molar-refractivity contribution in [2.75, 3.05) is 26.7 Å². The highest BCUT2D eigenvalue weighted by atomic mass is 79.9. The first-order chi connectivity index (χ1) is 11.0. The third-order valence-corrected chi connectivity index (χ3v) is 4.28. The van der Waals surface area contributed by atoms with E-state index in [0.29, 0.717) is 0 Å². The lowest BCUT2D eigenvalue weighted by Crippen LogP contribution is -2.45. The van der Waals surface area contributed by atoms with Gasteiger partial charge in [0.05, 0.1) is 0 Å². The molecule has 2 N–H and O–H groups in total. The summed E-state index contributed by atoms with van der Waals surface area (Å²) in [4.78, 5) is 18.2. The summed E-state index contributed by atoms with van der Waals surface area (Å²) in [5.74, 6) is 1.97. The van der Waals surface area contributed by atoms with Gasteiger partial charge in [-0.2, -0.15) is 0 Å². The zero-order valence-electron chi connectivity index (χ0n) is 13.9. The molecule has 6 nitrogen and oxygen atoms in total. The van der Waals surface area contributed by atoms with Crippen LogP contribution in [0, 0.1) is 5.92 Å². The van der Waals surface area contributed by atoms with Crippen LogP contribution < -0.4 is 10.6 Å². The quantitative estimate of drug-likeness (QED) is 0.601. The van der Waals surface area contributed by atoms with Crippen LogP contribution in [0.25, 0.3) is 0 Å². The minimum atomic E-state index is 0.0545. The van der Waals surface area contributed by atoms with Crippen molar-refractivity contribution in [3.8, 4) is 0 Å². The molecule has 0 saturated carbocycles. The van der Waals surface area contributed by atoms with E-state index in [4.69, 9.17) is 4.42 Å². The van der Waals surface area contributed by atoms with Crippen LogP contribution >= 0.6 is 15.9 Å². The first kappa shape index (κ1) is 17.8. The molecule has 1 unspecified atom stereocenters. The number of halogens is 1. The predicted octanol–water partition coefficient (Wildman–Crippen LogP) is 2.01. The maximum atomic E-state index is 12.0. The standard InChI is InChI=1S/C16H25BrN4O2/c1-11(2)15(22)21-9-7-12(10-21)20-16(18-3)19-8-6-13-4-5-14(17)23-13/h4-5,11-12H,6-10H2,1-3H3,(H2,18,19,20). The highest BCUT2D eigenvalue weighted by molar-refractivity contribution is 9.10. The molecular weight excluding hydrogens is 360 g/mol. The molecule has 1 aromatic heterocycles. The number of guanidine groups is 1. The van der Waals surface area contributed by atoms with Gasteiger partial charge in [-0.1, -0.05) is 13.8 Å². The van der Waals surface area contributed by atoms with Gasteiger partial charge in [0.15, 0.2) is 10.6 Å². The van der Waals surface area contributed by atoms with Gasteiger partial charge in [0.25, 0.3) is 0 Å². The lowest BCUT2D eigenvalue weighted by atomic mass is 10.2. The summed E-state index contributed by atoms with van der Waals surface area (Å²) in [6, 6.07) is 4.09. The summed E-state index contributed by atoms with van der Waals surface area (Å²) in [5, 5.41) is 6.67. The molecule has 1 atom stereocenters. The van der Waals surface area contributed by atoms with Crippen LogP contribution in [-0.2, 0) is 11.2 Å². The Bertz CT molecular complexity index is 556. The monoisotopic (exact) mass is 384 g/mol. The topological polar surface area (TPSA) is 69.9 Å². The van der Waals surface area contributed by atoms with Crippen molar-refractivity contribution in [1.29, 1.82) is 0 Å². The molecular formula is C16H25BrN4O2. The van der Waals surface area contributed by atoms with E-state index in [-0.39, 0.29) is 17.9 Å². The Hall–Kier alpha value is -1.50. The second-order valence-corrected chi connectivity index (χ2v) is 6.81. The zero-order chi connectivity index (χ0) is 16.8. The summed E-state index contributed by atoms with van der Waals surface area (Å²) >= 11 is 3.30. The van der Waals surface area contributed by atoms with Crippen molar-refractivity contribution in [2.24, 2.45) is 10.9 Å². The predicted molar refractivity (Wildman–Crippen MR) is 94.4 cm³/mol. The molecule has 0 radical (unpaired) electrons. The lowest BCUT2D eigenvalue weighted by Gasteiger charge is -2.20. The van der Waals surface area contributed by atoms with E-state index in [1.165, 1.54) is 0 Å². The Kier molecular flexibility index (Phi) is 6.50. The van der Waals surface area contributed by atoms with E-state index < -0.39 is 0 Å². The van der Waals surface area contributed by atoms with E-state index in [0.717, 1.165) is 48.9 Å². The molecule has 2 heterocycles. The molecule has 0 bridgehead atoms. The molecule has 23 heavy (non-hydrogen) atoms. The van der Waals surface area contributed by atoms with Crippen LogP contribution in [0.15, 0.2) is 26.2 Å². The molecule has 1 aliphatic rings. The number of carbonyl (C=O) groups is 1. The highest BCUT2D eigenvalue weighted by Gasteiger charge is 2.27. The van der Waals surface area contributed by atoms with Crippen LogP contribution in [0.4, 0.5) is 0 Å². The van der Waals surface area contributed by atoms with Gasteiger partial charge in [0.2, 0.25) is 5.91 Å². The van der Waals surface area contributed by atoms with E-state index in [2.05, 4.69) is 31.6 Å². The van der Waals surface area contributed by atoms with E-state index in [9.17, 15) is 4.79 Å². The Morgan fingerprint density at radius 2 is 2.30 bits per heavy atom. The number of aliphatic imine (C=N–C) groups is 1. The van der Waals surface area contributed by atoms with E-state index in [1.807, 2.05) is 30.9 Å². The van der Waals surface area contributed by atoms with Crippen molar-refractivity contribution < 1.29 is 9.21 Å². The van der Waals surface area contributed by atoms with Crippen molar-refractivity contribution in [3.63, 3.8) is 0 Å². The second-order valence-electron chi connectivity index (χ2n) is 6.02. The summed E-state index contributed by atoms with van der Waals surface area (Å²) in [5.41, 5.74) is 0. The Morgan fingerprint density at radius 3 is 2.91 bits per heavy atom. The molecule has 2 rings (SSSR count). The number of hydrogen-bond donors (Lipinski definition) is 2. The molecule has 1 amide bonds. The SMILES string of the molecule is CN=C(NCCc1ccc(Br)o1)NC1CCN(C(=O)C(C)C)C1. The van der Waals surface area contributed by atoms with E-state index in [1.54, 1.807) is 7.05 Å². The molecule has 7 heteroatoms. The molecule has 1 fully saturated rings. The Labute approximate surface area is 145 Å². The van der Waals surface area contributed by atoms with Gasteiger partial charge in [-0.15, -0.1) is 0 Å². The van der Waals surface area contributed by atoms with Crippen LogP contribution in [-0.4, -0.2) is 49.5 Å². The summed E-state index contributed by atoms with van der Waals surface area (Å²) < 4.78 is 6.21. The molecule has 1 aromatic rings.